The van der Waals surface area contributed by atoms with Crippen molar-refractivity contribution in [2.45, 2.75) is 13.8 Å². The lowest BCUT2D eigenvalue weighted by Crippen LogP contribution is -2.19. The van der Waals surface area contributed by atoms with Crippen LogP contribution in [0.25, 0.3) is 0 Å². The summed E-state index contributed by atoms with van der Waals surface area (Å²) in [5.74, 6) is 0. The van der Waals surface area contributed by atoms with Crippen LogP contribution < -0.4 is 10.6 Å². The molecule has 0 unspecified atom stereocenters. The summed E-state index contributed by atoms with van der Waals surface area (Å²) >= 11 is 11.1. The minimum atomic E-state index is 0.518. The van der Waals surface area contributed by atoms with Crippen LogP contribution in [-0.4, -0.2) is 15.3 Å². The zero-order valence-electron chi connectivity index (χ0n) is 10.0. The molecule has 0 spiro atoms. The van der Waals surface area contributed by atoms with Crippen molar-refractivity contribution in [1.29, 1.82) is 0 Å². The fourth-order valence-electron chi connectivity index (χ4n) is 1.54. The van der Waals surface area contributed by atoms with Gasteiger partial charge in [-0.2, -0.15) is 5.10 Å². The molecule has 1 aromatic carbocycles. The van der Waals surface area contributed by atoms with Crippen molar-refractivity contribution in [3.8, 4) is 0 Å². The van der Waals surface area contributed by atoms with Gasteiger partial charge in [0.2, 0.25) is 0 Å². The van der Waals surface area contributed by atoms with Crippen molar-refractivity contribution >= 4 is 40.3 Å². The van der Waals surface area contributed by atoms with Gasteiger partial charge in [0, 0.05) is 10.7 Å². The van der Waals surface area contributed by atoms with Gasteiger partial charge in [-0.3, -0.25) is 5.10 Å². The second-order valence-corrected chi connectivity index (χ2v) is 4.74. The Labute approximate surface area is 116 Å². The average molecular weight is 281 g/mol. The highest BCUT2D eigenvalue weighted by Crippen LogP contribution is 2.17. The molecule has 18 heavy (non-hydrogen) atoms. The van der Waals surface area contributed by atoms with Crippen LogP contribution in [0.15, 0.2) is 24.3 Å². The summed E-state index contributed by atoms with van der Waals surface area (Å²) in [5, 5.41) is 14.4. The molecule has 6 heteroatoms. The molecule has 0 aliphatic rings. The first-order chi connectivity index (χ1) is 8.56. The Bertz CT molecular complexity index is 542. The summed E-state index contributed by atoms with van der Waals surface area (Å²) in [5.41, 5.74) is 3.62. The molecule has 0 amide bonds. The molecule has 0 saturated heterocycles. The molecular formula is C12H13ClN4S. The van der Waals surface area contributed by atoms with E-state index in [0.717, 1.165) is 22.8 Å². The largest absolute Gasteiger partial charge is 0.332 e. The van der Waals surface area contributed by atoms with Crippen molar-refractivity contribution < 1.29 is 0 Å². The van der Waals surface area contributed by atoms with E-state index in [1.54, 1.807) is 12.1 Å². The number of nitrogens with one attached hydrogen (secondary N) is 3. The Balaban J connectivity index is 2.03. The van der Waals surface area contributed by atoms with Crippen LogP contribution in [0.5, 0.6) is 0 Å². The maximum atomic E-state index is 5.82. The molecule has 0 saturated carbocycles. The summed E-state index contributed by atoms with van der Waals surface area (Å²) in [6.07, 6.45) is 0. The maximum Gasteiger partial charge on any atom is 0.175 e. The number of aryl methyl sites for hydroxylation is 2. The topological polar surface area (TPSA) is 52.7 Å². The van der Waals surface area contributed by atoms with Crippen molar-refractivity contribution in [3.05, 3.63) is 40.7 Å². The van der Waals surface area contributed by atoms with Crippen molar-refractivity contribution in [1.82, 2.24) is 10.2 Å². The highest BCUT2D eigenvalue weighted by Gasteiger charge is 2.07. The smallest absolute Gasteiger partial charge is 0.175 e. The Hall–Kier alpha value is -1.59. The Morgan fingerprint density at radius 2 is 1.89 bits per heavy atom. The number of benzene rings is 1. The molecule has 0 fully saturated rings. The van der Waals surface area contributed by atoms with Gasteiger partial charge < -0.3 is 10.6 Å². The molecule has 2 aromatic rings. The fourth-order valence-corrected chi connectivity index (χ4v) is 1.89. The third-order valence-electron chi connectivity index (χ3n) is 2.47. The normalized spacial score (nSPS) is 10.2. The van der Waals surface area contributed by atoms with E-state index in [1.165, 1.54) is 0 Å². The summed E-state index contributed by atoms with van der Waals surface area (Å²) in [6.45, 7) is 3.85. The standard InChI is InChI=1S/C12H13ClN4S/c1-7-11(8(2)17-16-7)15-12(18)14-10-5-3-9(13)4-6-10/h3-6H,1-2H3,(H,16,17)(H2,14,15,18). The molecule has 4 nitrogen and oxygen atoms in total. The van der Waals surface area contributed by atoms with E-state index >= 15 is 0 Å². The number of hydrogen-bond donors (Lipinski definition) is 3. The predicted octanol–water partition coefficient (Wildman–Crippen LogP) is 3.49. The second kappa shape index (κ2) is 5.37. The fraction of sp³-hybridized carbons (Fsp3) is 0.167. The Morgan fingerprint density at radius 1 is 1.22 bits per heavy atom. The lowest BCUT2D eigenvalue weighted by atomic mass is 10.3. The molecule has 1 aromatic heterocycles. The van der Waals surface area contributed by atoms with Crippen molar-refractivity contribution in [2.24, 2.45) is 0 Å². The number of aromatic amines is 1. The maximum absolute atomic E-state index is 5.82. The van der Waals surface area contributed by atoms with E-state index in [-0.39, 0.29) is 0 Å². The number of anilines is 2. The van der Waals surface area contributed by atoms with E-state index in [2.05, 4.69) is 20.8 Å². The van der Waals surface area contributed by atoms with Gasteiger partial charge in [-0.15, -0.1) is 0 Å². The first-order valence-corrected chi connectivity index (χ1v) is 6.20. The van der Waals surface area contributed by atoms with E-state index in [9.17, 15) is 0 Å². The summed E-state index contributed by atoms with van der Waals surface area (Å²) in [4.78, 5) is 0. The third kappa shape index (κ3) is 3.00. The number of thiocarbonyl (C=S) groups is 1. The van der Waals surface area contributed by atoms with Crippen molar-refractivity contribution in [2.75, 3.05) is 10.6 Å². The average Bonchev–Trinajstić information content (AvgIpc) is 2.64. The lowest BCUT2D eigenvalue weighted by Gasteiger charge is -2.10. The van der Waals surface area contributed by atoms with E-state index in [1.807, 2.05) is 26.0 Å². The van der Waals surface area contributed by atoms with Gasteiger partial charge in [-0.1, -0.05) is 11.6 Å². The van der Waals surface area contributed by atoms with Gasteiger partial charge in [0.05, 0.1) is 17.1 Å². The van der Waals surface area contributed by atoms with Gasteiger partial charge >= 0.3 is 0 Å². The van der Waals surface area contributed by atoms with Gasteiger partial charge in [-0.25, -0.2) is 0 Å². The number of aromatic nitrogens is 2. The molecule has 0 bridgehead atoms. The van der Waals surface area contributed by atoms with Gasteiger partial charge in [0.15, 0.2) is 5.11 Å². The number of H-pyrrole nitrogens is 1. The summed E-state index contributed by atoms with van der Waals surface area (Å²) in [7, 11) is 0. The highest BCUT2D eigenvalue weighted by molar-refractivity contribution is 7.80. The van der Waals surface area contributed by atoms with Gasteiger partial charge in [0.25, 0.3) is 0 Å². The first-order valence-electron chi connectivity index (χ1n) is 5.41. The van der Waals surface area contributed by atoms with Crippen LogP contribution in [-0.2, 0) is 0 Å². The SMILES string of the molecule is Cc1n[nH]c(C)c1NC(=S)Nc1ccc(Cl)cc1. The molecule has 1 heterocycles. The zero-order chi connectivity index (χ0) is 13.1. The van der Waals surface area contributed by atoms with Crippen LogP contribution >= 0.6 is 23.8 Å². The minimum Gasteiger partial charge on any atom is -0.332 e. The predicted molar refractivity (Wildman–Crippen MR) is 79.4 cm³/mol. The molecule has 94 valence electrons. The first kappa shape index (κ1) is 12.9. The molecule has 0 aliphatic carbocycles. The number of rotatable bonds is 2. The molecule has 3 N–H and O–H groups in total. The van der Waals surface area contributed by atoms with Crippen LogP contribution in [0.1, 0.15) is 11.4 Å². The van der Waals surface area contributed by atoms with Gasteiger partial charge in [0.1, 0.15) is 0 Å². The highest BCUT2D eigenvalue weighted by atomic mass is 35.5. The molecule has 2 rings (SSSR count). The molecule has 0 radical (unpaired) electrons. The van der Waals surface area contributed by atoms with E-state index in [4.69, 9.17) is 23.8 Å². The minimum absolute atomic E-state index is 0.518. The number of nitrogens with zero attached hydrogens (tertiary/aromatic N) is 1. The third-order valence-corrected chi connectivity index (χ3v) is 2.92. The Morgan fingerprint density at radius 3 is 2.44 bits per heavy atom. The van der Waals surface area contributed by atoms with Crippen LogP contribution in [0.3, 0.4) is 0 Å². The summed E-state index contributed by atoms with van der Waals surface area (Å²) in [6, 6.07) is 7.35. The zero-order valence-corrected chi connectivity index (χ0v) is 11.6. The van der Waals surface area contributed by atoms with E-state index in [0.29, 0.717) is 10.1 Å². The second-order valence-electron chi connectivity index (χ2n) is 3.90. The van der Waals surface area contributed by atoms with Crippen LogP contribution in [0.4, 0.5) is 11.4 Å². The van der Waals surface area contributed by atoms with Crippen LogP contribution in [0, 0.1) is 13.8 Å². The quantitative estimate of drug-likeness (QED) is 0.737. The Kier molecular flexibility index (Phi) is 3.84. The van der Waals surface area contributed by atoms with E-state index < -0.39 is 0 Å². The van der Waals surface area contributed by atoms with Gasteiger partial charge in [-0.05, 0) is 50.3 Å². The molecule has 0 atom stereocenters. The van der Waals surface area contributed by atoms with Crippen molar-refractivity contribution in [3.63, 3.8) is 0 Å². The lowest BCUT2D eigenvalue weighted by molar-refractivity contribution is 1.02. The van der Waals surface area contributed by atoms with Crippen LogP contribution in [0.2, 0.25) is 5.02 Å². The molecular weight excluding hydrogens is 268 g/mol. The summed E-state index contributed by atoms with van der Waals surface area (Å²) < 4.78 is 0. The molecule has 0 aliphatic heterocycles. The number of hydrogen-bond acceptors (Lipinski definition) is 2. The number of halogens is 1. The monoisotopic (exact) mass is 280 g/mol.